The van der Waals surface area contributed by atoms with Crippen LogP contribution in [0.5, 0.6) is 5.75 Å². The summed E-state index contributed by atoms with van der Waals surface area (Å²) in [4.78, 5) is 8.02. The van der Waals surface area contributed by atoms with Crippen molar-refractivity contribution in [1.29, 1.82) is 0 Å². The van der Waals surface area contributed by atoms with Crippen LogP contribution in [0.25, 0.3) is 0 Å². The molecular weight excluding hydrogens is 250 g/mol. The molecule has 0 fully saturated rings. The maximum Gasteiger partial charge on any atom is 0.171 e. The van der Waals surface area contributed by atoms with Crippen LogP contribution in [0, 0.1) is 0 Å². The van der Waals surface area contributed by atoms with Crippen LogP contribution < -0.4 is 10.1 Å². The predicted octanol–water partition coefficient (Wildman–Crippen LogP) is 3.01. The minimum Gasteiger partial charge on any atom is -0.494 e. The summed E-state index contributed by atoms with van der Waals surface area (Å²) in [5, 5.41) is 3.50. The zero-order valence-electron chi connectivity index (χ0n) is 9.84. The Morgan fingerprint density at radius 2 is 1.89 bits per heavy atom. The van der Waals surface area contributed by atoms with Gasteiger partial charge in [-0.3, -0.25) is 0 Å². The van der Waals surface area contributed by atoms with Gasteiger partial charge in [-0.25, -0.2) is 9.97 Å². The van der Waals surface area contributed by atoms with Gasteiger partial charge < -0.3 is 10.1 Å². The van der Waals surface area contributed by atoms with Gasteiger partial charge in [0.25, 0.3) is 0 Å². The molecule has 1 heterocycles. The molecule has 0 aliphatic carbocycles. The van der Waals surface area contributed by atoms with Crippen molar-refractivity contribution in [2.75, 3.05) is 18.5 Å². The van der Waals surface area contributed by atoms with Crippen LogP contribution in [-0.4, -0.2) is 23.1 Å². The van der Waals surface area contributed by atoms with E-state index in [1.54, 1.807) is 12.4 Å². The van der Waals surface area contributed by atoms with E-state index in [-0.39, 0.29) is 0 Å². The van der Waals surface area contributed by atoms with Crippen LogP contribution >= 0.6 is 11.6 Å². The van der Waals surface area contributed by atoms with Gasteiger partial charge in [0.05, 0.1) is 6.61 Å². The van der Waals surface area contributed by atoms with Gasteiger partial charge in [-0.1, -0.05) is 29.8 Å². The highest BCUT2D eigenvalue weighted by Crippen LogP contribution is 2.13. The number of aromatic nitrogens is 2. The van der Waals surface area contributed by atoms with Gasteiger partial charge in [-0.15, -0.1) is 0 Å². The third-order valence-corrected chi connectivity index (χ3v) is 2.56. The third kappa shape index (κ3) is 3.89. The van der Waals surface area contributed by atoms with E-state index in [4.69, 9.17) is 16.3 Å². The molecule has 0 saturated heterocycles. The summed E-state index contributed by atoms with van der Waals surface area (Å²) < 4.78 is 5.57. The van der Waals surface area contributed by atoms with Gasteiger partial charge >= 0.3 is 0 Å². The Labute approximate surface area is 111 Å². The van der Waals surface area contributed by atoms with E-state index >= 15 is 0 Å². The Morgan fingerprint density at radius 3 is 2.67 bits per heavy atom. The number of benzene rings is 1. The van der Waals surface area contributed by atoms with Crippen molar-refractivity contribution in [1.82, 2.24) is 9.97 Å². The first-order chi connectivity index (χ1) is 8.86. The van der Waals surface area contributed by atoms with E-state index in [2.05, 4.69) is 15.3 Å². The molecule has 1 aromatic heterocycles. The molecule has 2 aromatic rings. The van der Waals surface area contributed by atoms with Gasteiger partial charge in [-0.2, -0.15) is 0 Å². The van der Waals surface area contributed by atoms with Crippen LogP contribution in [-0.2, 0) is 0 Å². The van der Waals surface area contributed by atoms with E-state index in [1.165, 1.54) is 0 Å². The first kappa shape index (κ1) is 12.6. The number of nitrogens with one attached hydrogen (secondary N) is 1. The highest BCUT2D eigenvalue weighted by molar-refractivity contribution is 6.31. The minimum atomic E-state index is 0.390. The number of anilines is 1. The first-order valence-corrected chi connectivity index (χ1v) is 6.12. The largest absolute Gasteiger partial charge is 0.494 e. The standard InChI is InChI=1S/C13H14ClN3O/c14-12-13(17-9-8-15-12)16-7-4-10-18-11-5-2-1-3-6-11/h1-3,5-6,8-9H,4,7,10H2,(H,16,17). The van der Waals surface area contributed by atoms with Gasteiger partial charge in [0, 0.05) is 18.9 Å². The lowest BCUT2D eigenvalue weighted by atomic mass is 10.3. The summed E-state index contributed by atoms with van der Waals surface area (Å²) >= 11 is 5.87. The van der Waals surface area contributed by atoms with Crippen molar-refractivity contribution in [3.63, 3.8) is 0 Å². The van der Waals surface area contributed by atoms with Gasteiger partial charge in [0.2, 0.25) is 0 Å². The van der Waals surface area contributed by atoms with Gasteiger partial charge in [0.15, 0.2) is 11.0 Å². The summed E-state index contributed by atoms with van der Waals surface area (Å²) in [6, 6.07) is 9.74. The maximum absolute atomic E-state index is 5.87. The molecule has 0 aliphatic heterocycles. The lowest BCUT2D eigenvalue weighted by Gasteiger charge is -2.07. The van der Waals surface area contributed by atoms with E-state index in [0.29, 0.717) is 17.6 Å². The Morgan fingerprint density at radius 1 is 1.11 bits per heavy atom. The summed E-state index contributed by atoms with van der Waals surface area (Å²) in [7, 11) is 0. The smallest absolute Gasteiger partial charge is 0.171 e. The first-order valence-electron chi connectivity index (χ1n) is 5.74. The monoisotopic (exact) mass is 263 g/mol. The fraction of sp³-hybridized carbons (Fsp3) is 0.231. The Kier molecular flexibility index (Phi) is 4.78. The van der Waals surface area contributed by atoms with Crippen molar-refractivity contribution < 1.29 is 4.74 Å². The summed E-state index contributed by atoms with van der Waals surface area (Å²) in [6.45, 7) is 1.39. The zero-order chi connectivity index (χ0) is 12.6. The second-order valence-corrected chi connectivity index (χ2v) is 4.00. The number of ether oxygens (including phenoxy) is 1. The average molecular weight is 264 g/mol. The maximum atomic E-state index is 5.87. The Hall–Kier alpha value is -1.81. The molecule has 0 radical (unpaired) electrons. The lowest BCUT2D eigenvalue weighted by molar-refractivity contribution is 0.315. The van der Waals surface area contributed by atoms with Crippen LogP contribution in [0.2, 0.25) is 5.15 Å². The van der Waals surface area contributed by atoms with E-state index in [1.807, 2.05) is 30.3 Å². The van der Waals surface area contributed by atoms with Crippen LogP contribution in [0.15, 0.2) is 42.7 Å². The van der Waals surface area contributed by atoms with Crippen molar-refractivity contribution >= 4 is 17.4 Å². The highest BCUT2D eigenvalue weighted by atomic mass is 35.5. The number of rotatable bonds is 6. The lowest BCUT2D eigenvalue weighted by Crippen LogP contribution is -2.08. The van der Waals surface area contributed by atoms with E-state index in [9.17, 15) is 0 Å². The fourth-order valence-corrected chi connectivity index (χ4v) is 1.60. The predicted molar refractivity (Wildman–Crippen MR) is 72.1 cm³/mol. The molecular formula is C13H14ClN3O. The Bertz CT molecular complexity index is 479. The average Bonchev–Trinajstić information content (AvgIpc) is 2.42. The molecule has 1 N–H and O–H groups in total. The zero-order valence-corrected chi connectivity index (χ0v) is 10.6. The second kappa shape index (κ2) is 6.81. The van der Waals surface area contributed by atoms with Crippen molar-refractivity contribution in [3.05, 3.63) is 47.9 Å². The second-order valence-electron chi connectivity index (χ2n) is 3.64. The molecule has 4 nitrogen and oxygen atoms in total. The number of hydrogen-bond donors (Lipinski definition) is 1. The van der Waals surface area contributed by atoms with E-state index in [0.717, 1.165) is 18.7 Å². The number of hydrogen-bond acceptors (Lipinski definition) is 4. The van der Waals surface area contributed by atoms with Gasteiger partial charge in [0.1, 0.15) is 5.75 Å². The topological polar surface area (TPSA) is 47.0 Å². The van der Waals surface area contributed by atoms with E-state index < -0.39 is 0 Å². The molecule has 0 bridgehead atoms. The molecule has 94 valence electrons. The Balaban J connectivity index is 1.66. The number of para-hydroxylation sites is 1. The van der Waals surface area contributed by atoms with Crippen LogP contribution in [0.1, 0.15) is 6.42 Å². The molecule has 0 spiro atoms. The summed E-state index contributed by atoms with van der Waals surface area (Å²) in [5.74, 6) is 1.49. The van der Waals surface area contributed by atoms with Crippen molar-refractivity contribution in [3.8, 4) is 5.75 Å². The molecule has 0 unspecified atom stereocenters. The minimum absolute atomic E-state index is 0.390. The number of halogens is 1. The van der Waals surface area contributed by atoms with Crippen molar-refractivity contribution in [2.24, 2.45) is 0 Å². The molecule has 0 amide bonds. The normalized spacial score (nSPS) is 10.1. The summed E-state index contributed by atoms with van der Waals surface area (Å²) in [6.07, 6.45) is 4.03. The fourth-order valence-electron chi connectivity index (χ4n) is 1.43. The quantitative estimate of drug-likeness (QED) is 0.814. The molecule has 0 aliphatic rings. The third-order valence-electron chi connectivity index (χ3n) is 2.28. The number of nitrogens with zero attached hydrogens (tertiary/aromatic N) is 2. The van der Waals surface area contributed by atoms with Crippen molar-refractivity contribution in [2.45, 2.75) is 6.42 Å². The molecule has 5 heteroatoms. The molecule has 2 rings (SSSR count). The molecule has 0 saturated carbocycles. The van der Waals surface area contributed by atoms with Crippen LogP contribution in [0.4, 0.5) is 5.82 Å². The van der Waals surface area contributed by atoms with Crippen LogP contribution in [0.3, 0.4) is 0 Å². The highest BCUT2D eigenvalue weighted by Gasteiger charge is 2.00. The SMILES string of the molecule is Clc1nccnc1NCCCOc1ccccc1. The summed E-state index contributed by atoms with van der Waals surface area (Å²) in [5.41, 5.74) is 0. The molecule has 18 heavy (non-hydrogen) atoms. The molecule has 0 atom stereocenters. The molecule has 1 aromatic carbocycles. The van der Waals surface area contributed by atoms with Gasteiger partial charge in [-0.05, 0) is 18.6 Å².